The van der Waals surface area contributed by atoms with Gasteiger partial charge in [-0.2, -0.15) is 13.2 Å². The van der Waals surface area contributed by atoms with E-state index in [2.05, 4.69) is 5.32 Å². The van der Waals surface area contributed by atoms with Gasteiger partial charge in [-0.3, -0.25) is 4.79 Å². The summed E-state index contributed by atoms with van der Waals surface area (Å²) < 4.78 is 37.9. The van der Waals surface area contributed by atoms with Gasteiger partial charge in [0.1, 0.15) is 0 Å². The molecule has 0 unspecified atom stereocenters. The van der Waals surface area contributed by atoms with E-state index >= 15 is 0 Å². The number of rotatable bonds is 5. The molecule has 0 atom stereocenters. The zero-order chi connectivity index (χ0) is 21.7. The molecule has 0 radical (unpaired) electrons. The number of carbonyl (C=O) groups excluding carboxylic acids is 1. The molecule has 7 heteroatoms. The molecular weight excluding hydrogens is 395 g/mol. The summed E-state index contributed by atoms with van der Waals surface area (Å²) in [5.74, 6) is -1.65. The summed E-state index contributed by atoms with van der Waals surface area (Å²) in [6.45, 7) is 0. The van der Waals surface area contributed by atoms with Crippen molar-refractivity contribution in [2.45, 2.75) is 6.18 Å². The van der Waals surface area contributed by atoms with Crippen molar-refractivity contribution in [2.24, 2.45) is 0 Å². The number of nitrogens with one attached hydrogen (secondary N) is 1. The van der Waals surface area contributed by atoms with Gasteiger partial charge < -0.3 is 10.4 Å². The molecule has 1 amide bonds. The summed E-state index contributed by atoms with van der Waals surface area (Å²) in [6.07, 6.45) is -1.19. The van der Waals surface area contributed by atoms with Gasteiger partial charge in [0, 0.05) is 5.56 Å². The van der Waals surface area contributed by atoms with E-state index in [1.165, 1.54) is 24.3 Å². The number of carboxylic acid groups (broad SMARTS) is 1. The van der Waals surface area contributed by atoms with Gasteiger partial charge in [0.15, 0.2) is 0 Å². The van der Waals surface area contributed by atoms with Crippen LogP contribution < -0.4 is 5.32 Å². The lowest BCUT2D eigenvalue weighted by atomic mass is 10.1. The highest BCUT2D eigenvalue weighted by Crippen LogP contribution is 2.29. The molecule has 0 aliphatic heterocycles. The molecule has 0 aliphatic rings. The Labute approximate surface area is 170 Å². The second kappa shape index (κ2) is 8.65. The summed E-state index contributed by atoms with van der Waals surface area (Å²) in [7, 11) is 0. The van der Waals surface area contributed by atoms with Crippen molar-refractivity contribution in [1.29, 1.82) is 0 Å². The molecule has 0 spiro atoms. The zero-order valence-electron chi connectivity index (χ0n) is 15.5. The normalized spacial score (nSPS) is 11.4. The molecule has 0 aromatic heterocycles. The van der Waals surface area contributed by atoms with Crippen LogP contribution in [0.3, 0.4) is 0 Å². The predicted octanol–water partition coefficient (Wildman–Crippen LogP) is 5.83. The molecular formula is C23H16F3NO3. The van der Waals surface area contributed by atoms with Crippen molar-refractivity contribution in [3.05, 3.63) is 101 Å². The van der Waals surface area contributed by atoms with E-state index < -0.39 is 23.6 Å². The smallest absolute Gasteiger partial charge is 0.416 e. The van der Waals surface area contributed by atoms with Crippen LogP contribution in [-0.4, -0.2) is 17.0 Å². The SMILES string of the molecule is O=C(Nc1cc(C=Cc2ccc(C(F)(F)F)cc2)ccc1C(=O)O)c1ccccc1. The monoisotopic (exact) mass is 411 g/mol. The Kier molecular flexibility index (Phi) is 6.01. The number of hydrogen-bond donors (Lipinski definition) is 2. The number of carbonyl (C=O) groups is 2. The van der Waals surface area contributed by atoms with E-state index in [0.29, 0.717) is 16.7 Å². The standard InChI is InChI=1S/C23H16F3NO3/c24-23(25,26)18-11-8-15(9-12-18)6-7-16-10-13-19(22(29)30)20(14-16)27-21(28)17-4-2-1-3-5-17/h1-14H,(H,27,28)(H,29,30). The molecule has 0 saturated carbocycles. The third-order valence-corrected chi connectivity index (χ3v) is 4.26. The summed E-state index contributed by atoms with van der Waals surface area (Å²) in [5.41, 5.74) is 0.788. The highest BCUT2D eigenvalue weighted by Gasteiger charge is 2.29. The van der Waals surface area contributed by atoms with Gasteiger partial charge in [0.05, 0.1) is 16.8 Å². The fraction of sp³-hybridized carbons (Fsp3) is 0.0435. The van der Waals surface area contributed by atoms with Crippen molar-refractivity contribution in [3.8, 4) is 0 Å². The molecule has 0 bridgehead atoms. The molecule has 3 aromatic rings. The number of aromatic carboxylic acids is 1. The summed E-state index contributed by atoms with van der Waals surface area (Å²) in [5, 5.41) is 12.0. The summed E-state index contributed by atoms with van der Waals surface area (Å²) in [6, 6.07) is 17.4. The van der Waals surface area contributed by atoms with E-state index in [1.54, 1.807) is 48.6 Å². The maximum Gasteiger partial charge on any atom is 0.416 e. The van der Waals surface area contributed by atoms with Crippen LogP contribution in [0.2, 0.25) is 0 Å². The van der Waals surface area contributed by atoms with Crippen molar-refractivity contribution in [2.75, 3.05) is 5.32 Å². The Balaban J connectivity index is 1.84. The lowest BCUT2D eigenvalue weighted by molar-refractivity contribution is -0.137. The lowest BCUT2D eigenvalue weighted by Gasteiger charge is -2.10. The van der Waals surface area contributed by atoms with Crippen LogP contribution in [0.5, 0.6) is 0 Å². The van der Waals surface area contributed by atoms with Crippen LogP contribution in [0.1, 0.15) is 37.4 Å². The Morgan fingerprint density at radius 2 is 1.43 bits per heavy atom. The van der Waals surface area contributed by atoms with Crippen molar-refractivity contribution < 1.29 is 27.9 Å². The van der Waals surface area contributed by atoms with Gasteiger partial charge in [0.25, 0.3) is 5.91 Å². The molecule has 4 nitrogen and oxygen atoms in total. The molecule has 0 heterocycles. The van der Waals surface area contributed by atoms with E-state index in [9.17, 15) is 27.9 Å². The van der Waals surface area contributed by atoms with Crippen molar-refractivity contribution >= 4 is 29.7 Å². The number of benzene rings is 3. The summed E-state index contributed by atoms with van der Waals surface area (Å²) >= 11 is 0. The van der Waals surface area contributed by atoms with Crippen LogP contribution in [0.25, 0.3) is 12.2 Å². The fourth-order valence-electron chi connectivity index (χ4n) is 2.72. The number of anilines is 1. The number of halogens is 3. The van der Waals surface area contributed by atoms with E-state index in [-0.39, 0.29) is 11.3 Å². The quantitative estimate of drug-likeness (QED) is 0.520. The Morgan fingerprint density at radius 1 is 0.833 bits per heavy atom. The Morgan fingerprint density at radius 3 is 2.03 bits per heavy atom. The third kappa shape index (κ3) is 5.14. The third-order valence-electron chi connectivity index (χ3n) is 4.26. The maximum absolute atomic E-state index is 12.6. The molecule has 3 rings (SSSR count). The van der Waals surface area contributed by atoms with Crippen LogP contribution in [-0.2, 0) is 6.18 Å². The van der Waals surface area contributed by atoms with Gasteiger partial charge in [-0.1, -0.05) is 48.6 Å². The van der Waals surface area contributed by atoms with E-state index in [0.717, 1.165) is 12.1 Å². The first kappa shape index (κ1) is 20.9. The Bertz CT molecular complexity index is 1090. The molecule has 3 aromatic carbocycles. The number of amides is 1. The topological polar surface area (TPSA) is 66.4 Å². The van der Waals surface area contributed by atoms with Gasteiger partial charge in [-0.15, -0.1) is 0 Å². The lowest BCUT2D eigenvalue weighted by Crippen LogP contribution is -2.14. The highest BCUT2D eigenvalue weighted by atomic mass is 19.4. The van der Waals surface area contributed by atoms with Gasteiger partial charge >= 0.3 is 12.1 Å². The molecule has 152 valence electrons. The minimum absolute atomic E-state index is 0.0778. The average molecular weight is 411 g/mol. The van der Waals surface area contributed by atoms with Crippen LogP contribution in [0.15, 0.2) is 72.8 Å². The number of carboxylic acids is 1. The highest BCUT2D eigenvalue weighted by molar-refractivity contribution is 6.08. The van der Waals surface area contributed by atoms with E-state index in [4.69, 9.17) is 0 Å². The first-order valence-corrected chi connectivity index (χ1v) is 8.83. The summed E-state index contributed by atoms with van der Waals surface area (Å²) in [4.78, 5) is 23.9. The van der Waals surface area contributed by atoms with Crippen molar-refractivity contribution in [1.82, 2.24) is 0 Å². The van der Waals surface area contributed by atoms with Gasteiger partial charge in [-0.05, 0) is 47.5 Å². The fourth-order valence-corrected chi connectivity index (χ4v) is 2.72. The van der Waals surface area contributed by atoms with Crippen LogP contribution in [0.4, 0.5) is 18.9 Å². The minimum atomic E-state index is -4.40. The first-order valence-electron chi connectivity index (χ1n) is 8.83. The minimum Gasteiger partial charge on any atom is -0.478 e. The van der Waals surface area contributed by atoms with Crippen molar-refractivity contribution in [3.63, 3.8) is 0 Å². The predicted molar refractivity (Wildman–Crippen MR) is 108 cm³/mol. The van der Waals surface area contributed by atoms with E-state index in [1.807, 2.05) is 0 Å². The average Bonchev–Trinajstić information content (AvgIpc) is 2.72. The second-order valence-corrected chi connectivity index (χ2v) is 6.38. The maximum atomic E-state index is 12.6. The largest absolute Gasteiger partial charge is 0.478 e. The van der Waals surface area contributed by atoms with Gasteiger partial charge in [-0.25, -0.2) is 4.79 Å². The molecule has 30 heavy (non-hydrogen) atoms. The van der Waals surface area contributed by atoms with Crippen LogP contribution in [0, 0.1) is 0 Å². The molecule has 0 aliphatic carbocycles. The number of hydrogen-bond acceptors (Lipinski definition) is 2. The molecule has 0 saturated heterocycles. The second-order valence-electron chi connectivity index (χ2n) is 6.38. The van der Waals surface area contributed by atoms with Gasteiger partial charge in [0.2, 0.25) is 0 Å². The Hall–Kier alpha value is -3.87. The van der Waals surface area contributed by atoms with Crippen LogP contribution >= 0.6 is 0 Å². The number of alkyl halides is 3. The first-order chi connectivity index (χ1) is 14.2. The molecule has 0 fully saturated rings. The zero-order valence-corrected chi connectivity index (χ0v) is 15.5. The molecule has 2 N–H and O–H groups in total.